The molecule has 206 valence electrons. The standard InChI is InChI=1S/C23H20ClF4N7O4/c1-12(39-13(2)36)20-30-18(31-35(20)19-5-3-4-17(25)29-19)11-34-22(38)33(10-16(37)23(26,27)28)21(32-34)14-6-8-15(24)9-7-14/h3-9,12,16,37H,10-11H2,1-2H3/t12-,16-/m0/s1. The number of rotatable bonds is 8. The van der Waals surface area contributed by atoms with E-state index in [1.165, 1.54) is 50.2 Å². The highest BCUT2D eigenvalue weighted by molar-refractivity contribution is 6.30. The lowest BCUT2D eigenvalue weighted by molar-refractivity contribution is -0.207. The molecule has 0 unspecified atom stereocenters. The van der Waals surface area contributed by atoms with Gasteiger partial charge in [0.25, 0.3) is 0 Å². The Morgan fingerprint density at radius 2 is 1.82 bits per heavy atom. The Kier molecular flexibility index (Phi) is 7.83. The number of carbonyl (C=O) groups excluding carboxylic acids is 1. The minimum Gasteiger partial charge on any atom is -0.455 e. The van der Waals surface area contributed by atoms with Crippen molar-refractivity contribution in [2.45, 2.75) is 45.3 Å². The fourth-order valence-electron chi connectivity index (χ4n) is 3.62. The third-order valence-electron chi connectivity index (χ3n) is 5.35. The van der Waals surface area contributed by atoms with Crippen molar-refractivity contribution < 1.29 is 32.2 Å². The minimum atomic E-state index is -4.99. The summed E-state index contributed by atoms with van der Waals surface area (Å²) in [5.41, 5.74) is -0.727. The van der Waals surface area contributed by atoms with Gasteiger partial charge >= 0.3 is 17.8 Å². The van der Waals surface area contributed by atoms with Crippen molar-refractivity contribution in [3.63, 3.8) is 0 Å². The lowest BCUT2D eigenvalue weighted by Crippen LogP contribution is -2.37. The molecule has 1 aromatic carbocycles. The van der Waals surface area contributed by atoms with Crippen LogP contribution >= 0.6 is 11.6 Å². The number of benzene rings is 1. The van der Waals surface area contributed by atoms with E-state index in [0.29, 0.717) is 9.59 Å². The maximum atomic E-state index is 13.8. The van der Waals surface area contributed by atoms with Crippen LogP contribution < -0.4 is 5.69 Å². The van der Waals surface area contributed by atoms with Crippen LogP contribution in [0.15, 0.2) is 47.3 Å². The van der Waals surface area contributed by atoms with Crippen LogP contribution in [0.1, 0.15) is 31.6 Å². The average molecular weight is 570 g/mol. The largest absolute Gasteiger partial charge is 0.455 e. The number of nitrogens with zero attached hydrogens (tertiary/aromatic N) is 7. The van der Waals surface area contributed by atoms with Crippen molar-refractivity contribution in [2.75, 3.05) is 0 Å². The molecule has 3 heterocycles. The number of aliphatic hydroxyl groups excluding tert-OH is 1. The van der Waals surface area contributed by atoms with Gasteiger partial charge in [-0.25, -0.2) is 19.4 Å². The SMILES string of the molecule is CC(=O)O[C@@H](C)c1nc(Cn2nc(-c3ccc(Cl)cc3)n(C[C@H](O)C(F)(F)F)c2=O)nn1-c1cccc(F)n1. The molecule has 0 fully saturated rings. The Morgan fingerprint density at radius 1 is 1.13 bits per heavy atom. The quantitative estimate of drug-likeness (QED) is 0.195. The van der Waals surface area contributed by atoms with Gasteiger partial charge in [0.2, 0.25) is 5.95 Å². The summed E-state index contributed by atoms with van der Waals surface area (Å²) < 4.78 is 60.9. The van der Waals surface area contributed by atoms with Gasteiger partial charge in [-0.05, 0) is 43.3 Å². The third kappa shape index (κ3) is 6.31. The van der Waals surface area contributed by atoms with Crippen LogP contribution in [-0.4, -0.2) is 57.5 Å². The van der Waals surface area contributed by atoms with Gasteiger partial charge < -0.3 is 9.84 Å². The molecule has 0 amide bonds. The number of aliphatic hydroxyl groups is 1. The molecule has 0 bridgehead atoms. The molecule has 4 rings (SSSR count). The molecule has 0 aliphatic carbocycles. The Balaban J connectivity index is 1.78. The molecule has 39 heavy (non-hydrogen) atoms. The fraction of sp³-hybridized carbons (Fsp3) is 0.304. The zero-order valence-corrected chi connectivity index (χ0v) is 21.1. The molecule has 2 atom stereocenters. The van der Waals surface area contributed by atoms with Crippen LogP contribution in [-0.2, 0) is 22.6 Å². The highest BCUT2D eigenvalue weighted by atomic mass is 35.5. The monoisotopic (exact) mass is 569 g/mol. The molecular formula is C23H20ClF4N7O4. The molecule has 11 nitrogen and oxygen atoms in total. The highest BCUT2D eigenvalue weighted by Gasteiger charge is 2.39. The first-order chi connectivity index (χ1) is 18.3. The molecule has 0 saturated carbocycles. The van der Waals surface area contributed by atoms with Crippen molar-refractivity contribution in [2.24, 2.45) is 0 Å². The maximum Gasteiger partial charge on any atom is 0.416 e. The number of ether oxygens (including phenoxy) is 1. The van der Waals surface area contributed by atoms with Crippen LogP contribution in [0.25, 0.3) is 17.2 Å². The number of pyridine rings is 1. The number of carbonyl (C=O) groups is 1. The van der Waals surface area contributed by atoms with E-state index in [-0.39, 0.29) is 28.9 Å². The van der Waals surface area contributed by atoms with Gasteiger partial charge in [0, 0.05) is 17.5 Å². The zero-order chi connectivity index (χ0) is 28.5. The van der Waals surface area contributed by atoms with Crippen molar-refractivity contribution in [3.05, 3.63) is 75.6 Å². The summed E-state index contributed by atoms with van der Waals surface area (Å²) in [6, 6.07) is 9.72. The van der Waals surface area contributed by atoms with Gasteiger partial charge in [-0.3, -0.25) is 9.36 Å². The van der Waals surface area contributed by atoms with Crippen molar-refractivity contribution in [1.29, 1.82) is 0 Å². The Morgan fingerprint density at radius 3 is 2.44 bits per heavy atom. The van der Waals surface area contributed by atoms with E-state index in [9.17, 15) is 32.3 Å². The van der Waals surface area contributed by atoms with Crippen molar-refractivity contribution in [1.82, 2.24) is 34.1 Å². The predicted octanol–water partition coefficient (Wildman–Crippen LogP) is 3.08. The van der Waals surface area contributed by atoms with E-state index in [0.717, 1.165) is 15.4 Å². The first kappa shape index (κ1) is 27.9. The molecule has 0 aliphatic rings. The number of alkyl halides is 3. The first-order valence-electron chi connectivity index (χ1n) is 11.3. The third-order valence-corrected chi connectivity index (χ3v) is 5.60. The van der Waals surface area contributed by atoms with Crippen LogP contribution in [0.5, 0.6) is 0 Å². The second-order valence-electron chi connectivity index (χ2n) is 8.31. The van der Waals surface area contributed by atoms with Crippen LogP contribution in [0.2, 0.25) is 5.02 Å². The van der Waals surface area contributed by atoms with Crippen LogP contribution in [0.4, 0.5) is 17.6 Å². The van der Waals surface area contributed by atoms with E-state index in [4.69, 9.17) is 16.3 Å². The average Bonchev–Trinajstić information content (AvgIpc) is 3.41. The highest BCUT2D eigenvalue weighted by Crippen LogP contribution is 2.24. The number of hydrogen-bond acceptors (Lipinski definition) is 8. The van der Waals surface area contributed by atoms with Gasteiger partial charge in [-0.15, -0.1) is 10.2 Å². The van der Waals surface area contributed by atoms with E-state index in [1.54, 1.807) is 0 Å². The Bertz CT molecular complexity index is 1550. The van der Waals surface area contributed by atoms with Crippen LogP contribution in [0.3, 0.4) is 0 Å². The zero-order valence-electron chi connectivity index (χ0n) is 20.3. The second-order valence-corrected chi connectivity index (χ2v) is 8.74. The minimum absolute atomic E-state index is 0.00391. The first-order valence-corrected chi connectivity index (χ1v) is 11.7. The molecule has 0 spiro atoms. The summed E-state index contributed by atoms with van der Waals surface area (Å²) in [6.07, 6.45) is -8.79. The molecule has 3 aromatic heterocycles. The molecule has 0 aliphatic heterocycles. The molecule has 0 saturated heterocycles. The van der Waals surface area contributed by atoms with Crippen molar-refractivity contribution in [3.8, 4) is 17.2 Å². The predicted molar refractivity (Wildman–Crippen MR) is 127 cm³/mol. The van der Waals surface area contributed by atoms with Crippen molar-refractivity contribution >= 4 is 17.6 Å². The molecule has 16 heteroatoms. The number of halogens is 5. The molecule has 1 N–H and O–H groups in total. The lowest BCUT2D eigenvalue weighted by atomic mass is 10.2. The summed E-state index contributed by atoms with van der Waals surface area (Å²) in [5.74, 6) is -1.65. The Labute approximate surface area is 222 Å². The number of aromatic nitrogens is 7. The lowest BCUT2D eigenvalue weighted by Gasteiger charge is -2.15. The van der Waals surface area contributed by atoms with Gasteiger partial charge in [0.05, 0.1) is 6.54 Å². The fourth-order valence-corrected chi connectivity index (χ4v) is 3.74. The smallest absolute Gasteiger partial charge is 0.416 e. The molecular weight excluding hydrogens is 550 g/mol. The van der Waals surface area contributed by atoms with E-state index in [1.807, 2.05) is 0 Å². The maximum absolute atomic E-state index is 13.8. The van der Waals surface area contributed by atoms with E-state index in [2.05, 4.69) is 20.2 Å². The number of hydrogen-bond donors (Lipinski definition) is 1. The summed E-state index contributed by atoms with van der Waals surface area (Å²) in [7, 11) is 0. The van der Waals surface area contributed by atoms with Gasteiger partial charge in [-0.1, -0.05) is 17.7 Å². The second kappa shape index (κ2) is 10.9. The topological polar surface area (TPSA) is 130 Å². The summed E-state index contributed by atoms with van der Waals surface area (Å²) in [4.78, 5) is 32.7. The summed E-state index contributed by atoms with van der Waals surface area (Å²) in [6.45, 7) is 1.11. The van der Waals surface area contributed by atoms with Crippen LogP contribution in [0, 0.1) is 5.95 Å². The van der Waals surface area contributed by atoms with Gasteiger partial charge in [0.15, 0.2) is 35.5 Å². The number of esters is 1. The molecule has 4 aromatic rings. The Hall–Kier alpha value is -4.11. The summed E-state index contributed by atoms with van der Waals surface area (Å²) in [5, 5.41) is 18.4. The molecule has 0 radical (unpaired) electrons. The van der Waals surface area contributed by atoms with Gasteiger partial charge in [0.1, 0.15) is 6.54 Å². The van der Waals surface area contributed by atoms with E-state index < -0.39 is 49.1 Å². The van der Waals surface area contributed by atoms with Gasteiger partial charge in [-0.2, -0.15) is 22.2 Å². The summed E-state index contributed by atoms with van der Waals surface area (Å²) >= 11 is 5.90. The normalized spacial score (nSPS) is 13.3. The van der Waals surface area contributed by atoms with E-state index >= 15 is 0 Å².